The monoisotopic (exact) mass is 641 g/mol. The third-order valence-electron chi connectivity index (χ3n) is 7.01. The third-order valence-corrected chi connectivity index (χ3v) is 8.74. The van der Waals surface area contributed by atoms with Gasteiger partial charge in [-0.05, 0) is 62.1 Å². The van der Waals surface area contributed by atoms with Gasteiger partial charge >= 0.3 is 0 Å². The number of nitrogens with one attached hydrogen (secondary N) is 1. The summed E-state index contributed by atoms with van der Waals surface area (Å²) in [6.07, 6.45) is 2.70. The SMILES string of the molecule is CC[C@H](C)NC(=O)[C@H](Cc1ccccc1)N(Cc1ccc(Br)cc1)C(=O)CCCN(c1ccc(C)cc1)S(C)(=O)=O. The van der Waals surface area contributed by atoms with Crippen LogP contribution in [0.1, 0.15) is 49.8 Å². The lowest BCUT2D eigenvalue weighted by Crippen LogP contribution is -2.52. The lowest BCUT2D eigenvalue weighted by atomic mass is 10.0. The topological polar surface area (TPSA) is 86.8 Å². The molecule has 0 aliphatic rings. The van der Waals surface area contributed by atoms with E-state index in [4.69, 9.17) is 0 Å². The highest BCUT2D eigenvalue weighted by Gasteiger charge is 2.31. The minimum absolute atomic E-state index is 0.0387. The molecule has 220 valence electrons. The van der Waals surface area contributed by atoms with Gasteiger partial charge in [0, 0.05) is 36.4 Å². The summed E-state index contributed by atoms with van der Waals surface area (Å²) in [6, 6.07) is 23.9. The molecule has 0 saturated heterocycles. The normalized spacial score (nSPS) is 12.8. The largest absolute Gasteiger partial charge is 0.352 e. The van der Waals surface area contributed by atoms with Gasteiger partial charge in [-0.3, -0.25) is 13.9 Å². The van der Waals surface area contributed by atoms with E-state index in [1.807, 2.05) is 87.5 Å². The van der Waals surface area contributed by atoms with Crippen molar-refractivity contribution in [3.63, 3.8) is 0 Å². The molecular weight excluding hydrogens is 602 g/mol. The van der Waals surface area contributed by atoms with Crippen LogP contribution in [0.2, 0.25) is 0 Å². The van der Waals surface area contributed by atoms with E-state index in [0.29, 0.717) is 18.5 Å². The molecule has 3 aromatic carbocycles. The minimum Gasteiger partial charge on any atom is -0.352 e. The summed E-state index contributed by atoms with van der Waals surface area (Å²) >= 11 is 3.46. The average molecular weight is 643 g/mol. The van der Waals surface area contributed by atoms with E-state index < -0.39 is 16.1 Å². The molecule has 1 N–H and O–H groups in total. The van der Waals surface area contributed by atoms with Crippen LogP contribution in [0.5, 0.6) is 0 Å². The molecule has 3 aromatic rings. The minimum atomic E-state index is -3.55. The molecule has 7 nitrogen and oxygen atoms in total. The van der Waals surface area contributed by atoms with Crippen molar-refractivity contribution in [3.05, 3.63) is 100 Å². The van der Waals surface area contributed by atoms with Crippen LogP contribution in [0.15, 0.2) is 83.3 Å². The maximum Gasteiger partial charge on any atom is 0.243 e. The molecule has 2 atom stereocenters. The number of hydrogen-bond acceptors (Lipinski definition) is 4. The predicted molar refractivity (Wildman–Crippen MR) is 169 cm³/mol. The van der Waals surface area contributed by atoms with Gasteiger partial charge in [0.05, 0.1) is 11.9 Å². The van der Waals surface area contributed by atoms with E-state index in [-0.39, 0.29) is 37.4 Å². The Morgan fingerprint density at radius 3 is 2.15 bits per heavy atom. The Kier molecular flexibility index (Phi) is 12.0. The first kappa shape index (κ1) is 32.3. The van der Waals surface area contributed by atoms with Crippen molar-refractivity contribution in [1.29, 1.82) is 0 Å². The van der Waals surface area contributed by atoms with Crippen molar-refractivity contribution in [2.45, 2.75) is 65.1 Å². The highest BCUT2D eigenvalue weighted by Crippen LogP contribution is 2.21. The Balaban J connectivity index is 1.88. The van der Waals surface area contributed by atoms with Gasteiger partial charge in [-0.25, -0.2) is 8.42 Å². The van der Waals surface area contributed by atoms with Crippen molar-refractivity contribution in [2.24, 2.45) is 0 Å². The van der Waals surface area contributed by atoms with E-state index in [2.05, 4.69) is 21.2 Å². The molecule has 2 amide bonds. The van der Waals surface area contributed by atoms with Crippen LogP contribution in [0.3, 0.4) is 0 Å². The number of carbonyl (C=O) groups excluding carboxylic acids is 2. The molecule has 0 spiro atoms. The number of rotatable bonds is 14. The van der Waals surface area contributed by atoms with Crippen molar-refractivity contribution < 1.29 is 18.0 Å². The summed E-state index contributed by atoms with van der Waals surface area (Å²) in [5, 5.41) is 3.07. The summed E-state index contributed by atoms with van der Waals surface area (Å²) in [5.74, 6) is -0.406. The zero-order chi connectivity index (χ0) is 30.0. The summed E-state index contributed by atoms with van der Waals surface area (Å²) in [5.41, 5.74) is 3.44. The van der Waals surface area contributed by atoms with Crippen LogP contribution in [-0.2, 0) is 32.6 Å². The molecule has 3 rings (SSSR count). The van der Waals surface area contributed by atoms with Crippen molar-refractivity contribution >= 4 is 43.5 Å². The Bertz CT molecular complexity index is 1380. The first-order valence-electron chi connectivity index (χ1n) is 13.9. The lowest BCUT2D eigenvalue weighted by molar-refractivity contribution is -0.141. The second kappa shape index (κ2) is 15.2. The molecule has 0 radical (unpaired) electrons. The number of nitrogens with zero attached hydrogens (tertiary/aromatic N) is 2. The number of hydrogen-bond donors (Lipinski definition) is 1. The standard InChI is InChI=1S/C32H40BrN3O4S/c1-5-25(3)34-32(38)30(22-26-10-7-6-8-11-26)35(23-27-15-17-28(33)18-16-27)31(37)12-9-21-36(41(4,39)40)29-19-13-24(2)14-20-29/h6-8,10-11,13-20,25,30H,5,9,12,21-23H2,1-4H3,(H,34,38)/t25-,30-/m0/s1. The predicted octanol–water partition coefficient (Wildman–Crippen LogP) is 5.86. The summed E-state index contributed by atoms with van der Waals surface area (Å²) < 4.78 is 27.5. The van der Waals surface area contributed by atoms with Crippen molar-refractivity contribution in [3.8, 4) is 0 Å². The fourth-order valence-corrected chi connectivity index (χ4v) is 5.73. The second-order valence-electron chi connectivity index (χ2n) is 10.4. The average Bonchev–Trinajstić information content (AvgIpc) is 2.94. The Morgan fingerprint density at radius 2 is 1.56 bits per heavy atom. The number of amides is 2. The van der Waals surface area contributed by atoms with E-state index in [9.17, 15) is 18.0 Å². The number of halogens is 1. The number of carbonyl (C=O) groups is 2. The van der Waals surface area contributed by atoms with Gasteiger partial charge in [-0.2, -0.15) is 0 Å². The number of aryl methyl sites for hydroxylation is 1. The van der Waals surface area contributed by atoms with Gasteiger partial charge in [0.15, 0.2) is 0 Å². The zero-order valence-corrected chi connectivity index (χ0v) is 26.6. The van der Waals surface area contributed by atoms with Crippen LogP contribution in [0.4, 0.5) is 5.69 Å². The highest BCUT2D eigenvalue weighted by atomic mass is 79.9. The van der Waals surface area contributed by atoms with Gasteiger partial charge < -0.3 is 10.2 Å². The molecule has 0 aromatic heterocycles. The summed E-state index contributed by atoms with van der Waals surface area (Å²) in [6.45, 7) is 6.30. The Morgan fingerprint density at radius 1 is 0.927 bits per heavy atom. The maximum absolute atomic E-state index is 13.9. The fraction of sp³-hybridized carbons (Fsp3) is 0.375. The van der Waals surface area contributed by atoms with Crippen molar-refractivity contribution in [2.75, 3.05) is 17.1 Å². The summed E-state index contributed by atoms with van der Waals surface area (Å²) in [7, 11) is -3.55. The zero-order valence-electron chi connectivity index (χ0n) is 24.2. The molecule has 0 bridgehead atoms. The van der Waals surface area contributed by atoms with Gasteiger partial charge in [0.25, 0.3) is 0 Å². The van der Waals surface area contributed by atoms with E-state index in [0.717, 1.165) is 27.6 Å². The number of sulfonamides is 1. The van der Waals surface area contributed by atoms with E-state index >= 15 is 0 Å². The molecule has 0 fully saturated rings. The van der Waals surface area contributed by atoms with Crippen LogP contribution < -0.4 is 9.62 Å². The highest BCUT2D eigenvalue weighted by molar-refractivity contribution is 9.10. The number of benzene rings is 3. The van der Waals surface area contributed by atoms with Gasteiger partial charge in [0.1, 0.15) is 6.04 Å². The first-order valence-corrected chi connectivity index (χ1v) is 16.5. The van der Waals surface area contributed by atoms with Gasteiger partial charge in [0.2, 0.25) is 21.8 Å². The van der Waals surface area contributed by atoms with Crippen molar-refractivity contribution in [1.82, 2.24) is 10.2 Å². The quantitative estimate of drug-likeness (QED) is 0.239. The Labute approximate surface area is 253 Å². The molecule has 0 saturated carbocycles. The third kappa shape index (κ3) is 10.0. The Hall–Kier alpha value is -3.17. The van der Waals surface area contributed by atoms with E-state index in [1.54, 1.807) is 17.0 Å². The second-order valence-corrected chi connectivity index (χ2v) is 13.3. The van der Waals surface area contributed by atoms with E-state index in [1.165, 1.54) is 10.6 Å². The maximum atomic E-state index is 13.9. The van der Waals surface area contributed by atoms with Crippen LogP contribution in [0.25, 0.3) is 0 Å². The van der Waals surface area contributed by atoms with Gasteiger partial charge in [-0.15, -0.1) is 0 Å². The molecular formula is C32H40BrN3O4S. The van der Waals surface area contributed by atoms with Crippen LogP contribution in [-0.4, -0.2) is 50.0 Å². The van der Waals surface area contributed by atoms with Crippen LogP contribution >= 0.6 is 15.9 Å². The molecule has 0 aliphatic carbocycles. The fourth-order valence-electron chi connectivity index (χ4n) is 4.50. The molecule has 0 aliphatic heterocycles. The molecule has 9 heteroatoms. The van der Waals surface area contributed by atoms with Gasteiger partial charge in [-0.1, -0.05) is 83.0 Å². The summed E-state index contributed by atoms with van der Waals surface area (Å²) in [4.78, 5) is 29.2. The van der Waals surface area contributed by atoms with Crippen LogP contribution in [0, 0.1) is 6.92 Å². The number of anilines is 1. The molecule has 41 heavy (non-hydrogen) atoms. The molecule has 0 heterocycles. The first-order chi connectivity index (χ1) is 19.5. The molecule has 0 unspecified atom stereocenters. The lowest BCUT2D eigenvalue weighted by Gasteiger charge is -2.32. The smallest absolute Gasteiger partial charge is 0.243 e.